The van der Waals surface area contributed by atoms with Crippen LogP contribution in [0.5, 0.6) is 0 Å². The van der Waals surface area contributed by atoms with Gasteiger partial charge in [0.1, 0.15) is 5.76 Å². The molecule has 25 heavy (non-hydrogen) atoms. The zero-order valence-electron chi connectivity index (χ0n) is 14.9. The topological polar surface area (TPSA) is 63.0 Å². The normalized spacial score (nSPS) is 28.6. The Balaban J connectivity index is 1.44. The molecule has 0 aromatic carbocycles. The van der Waals surface area contributed by atoms with Gasteiger partial charge in [0, 0.05) is 31.6 Å². The first kappa shape index (κ1) is 16.6. The van der Waals surface area contributed by atoms with Crippen molar-refractivity contribution in [3.05, 3.63) is 23.7 Å². The molecule has 0 spiro atoms. The summed E-state index contributed by atoms with van der Waals surface area (Å²) in [4.78, 5) is 28.5. The molecule has 2 saturated heterocycles. The molecule has 1 amide bonds. The average molecular weight is 346 g/mol. The summed E-state index contributed by atoms with van der Waals surface area (Å²) in [7, 11) is 1.36. The summed E-state index contributed by atoms with van der Waals surface area (Å²) in [6.45, 7) is 4.05. The van der Waals surface area contributed by atoms with E-state index >= 15 is 0 Å². The molecular weight excluding hydrogens is 320 g/mol. The fraction of sp³-hybridized carbons (Fsp3) is 0.684. The molecule has 3 atom stereocenters. The van der Waals surface area contributed by atoms with E-state index in [1.807, 2.05) is 6.07 Å². The maximum atomic E-state index is 12.3. The molecule has 1 aromatic heterocycles. The lowest BCUT2D eigenvalue weighted by Gasteiger charge is -2.48. The predicted octanol–water partition coefficient (Wildman–Crippen LogP) is 2.60. The van der Waals surface area contributed by atoms with Gasteiger partial charge in [0.15, 0.2) is 0 Å². The Hall–Kier alpha value is -1.82. The SMILES string of the molecule is COC(=O)c1ccc([C@H](C)N2CC[C@H]3[C@H](CCC(=O)N3C3CC3)C2)o1. The van der Waals surface area contributed by atoms with Crippen molar-refractivity contribution in [2.24, 2.45) is 5.92 Å². The second-order valence-electron chi connectivity index (χ2n) is 7.55. The molecule has 0 N–H and O–H groups in total. The van der Waals surface area contributed by atoms with Crippen LogP contribution in [0.1, 0.15) is 61.4 Å². The highest BCUT2D eigenvalue weighted by molar-refractivity contribution is 5.86. The molecule has 6 nitrogen and oxygen atoms in total. The Morgan fingerprint density at radius 3 is 2.80 bits per heavy atom. The van der Waals surface area contributed by atoms with Gasteiger partial charge < -0.3 is 14.1 Å². The molecule has 2 aliphatic heterocycles. The van der Waals surface area contributed by atoms with E-state index < -0.39 is 5.97 Å². The van der Waals surface area contributed by atoms with Crippen LogP contribution in [0.3, 0.4) is 0 Å². The molecule has 136 valence electrons. The number of hydrogen-bond donors (Lipinski definition) is 0. The van der Waals surface area contributed by atoms with Crippen LogP contribution in [0.4, 0.5) is 0 Å². The van der Waals surface area contributed by atoms with Crippen molar-refractivity contribution >= 4 is 11.9 Å². The minimum atomic E-state index is -0.442. The quantitative estimate of drug-likeness (QED) is 0.784. The Morgan fingerprint density at radius 1 is 1.28 bits per heavy atom. The van der Waals surface area contributed by atoms with Crippen LogP contribution in [-0.4, -0.2) is 54.0 Å². The highest BCUT2D eigenvalue weighted by Crippen LogP contribution is 2.40. The third-order valence-corrected chi connectivity index (χ3v) is 6.01. The molecule has 6 heteroatoms. The van der Waals surface area contributed by atoms with Gasteiger partial charge in [0.05, 0.1) is 13.2 Å². The number of nitrogens with zero attached hydrogens (tertiary/aromatic N) is 2. The van der Waals surface area contributed by atoms with Gasteiger partial charge in [-0.15, -0.1) is 0 Å². The Kier molecular flexibility index (Phi) is 4.31. The molecule has 1 aromatic rings. The van der Waals surface area contributed by atoms with E-state index in [-0.39, 0.29) is 11.8 Å². The Bertz CT molecular complexity index is 666. The molecule has 3 fully saturated rings. The summed E-state index contributed by atoms with van der Waals surface area (Å²) in [6.07, 6.45) is 5.06. The van der Waals surface area contributed by atoms with E-state index in [1.165, 1.54) is 20.0 Å². The molecular formula is C19H26N2O4. The van der Waals surface area contributed by atoms with E-state index in [1.54, 1.807) is 6.07 Å². The van der Waals surface area contributed by atoms with Crippen LogP contribution in [0.25, 0.3) is 0 Å². The fourth-order valence-corrected chi connectivity index (χ4v) is 4.47. The maximum absolute atomic E-state index is 12.3. The van der Waals surface area contributed by atoms with Crippen LogP contribution in [0.15, 0.2) is 16.5 Å². The number of carbonyl (C=O) groups is 2. The number of rotatable bonds is 4. The van der Waals surface area contributed by atoms with E-state index in [9.17, 15) is 9.59 Å². The van der Waals surface area contributed by atoms with Crippen molar-refractivity contribution in [3.63, 3.8) is 0 Å². The largest absolute Gasteiger partial charge is 0.463 e. The third kappa shape index (κ3) is 3.08. The molecule has 0 radical (unpaired) electrons. The standard InChI is InChI=1S/C19H26N2O4/c1-12(16-6-7-17(25-16)19(23)24-2)20-10-9-15-13(11-20)3-8-18(22)21(15)14-4-5-14/h6-7,12-15H,3-5,8-11H2,1-2H3/t12-,13+,15-/m0/s1. The maximum Gasteiger partial charge on any atom is 0.373 e. The van der Waals surface area contributed by atoms with Crippen molar-refractivity contribution in [3.8, 4) is 0 Å². The number of amides is 1. The minimum Gasteiger partial charge on any atom is -0.463 e. The molecule has 0 bridgehead atoms. The smallest absolute Gasteiger partial charge is 0.373 e. The highest BCUT2D eigenvalue weighted by atomic mass is 16.5. The van der Waals surface area contributed by atoms with Gasteiger partial charge in [0.2, 0.25) is 11.7 Å². The van der Waals surface area contributed by atoms with E-state index in [2.05, 4.69) is 16.7 Å². The lowest BCUT2D eigenvalue weighted by molar-refractivity contribution is -0.142. The Morgan fingerprint density at radius 2 is 2.08 bits per heavy atom. The van der Waals surface area contributed by atoms with Crippen LogP contribution in [0, 0.1) is 5.92 Å². The first-order valence-electron chi connectivity index (χ1n) is 9.31. The number of ether oxygens (including phenoxy) is 1. The zero-order chi connectivity index (χ0) is 17.6. The van der Waals surface area contributed by atoms with Gasteiger partial charge in [-0.05, 0) is 50.7 Å². The van der Waals surface area contributed by atoms with Crippen LogP contribution >= 0.6 is 0 Å². The highest BCUT2D eigenvalue weighted by Gasteiger charge is 2.45. The van der Waals surface area contributed by atoms with Gasteiger partial charge in [-0.25, -0.2) is 4.79 Å². The fourth-order valence-electron chi connectivity index (χ4n) is 4.47. The van der Waals surface area contributed by atoms with Crippen molar-refractivity contribution in [2.75, 3.05) is 20.2 Å². The van der Waals surface area contributed by atoms with Crippen molar-refractivity contribution in [1.29, 1.82) is 0 Å². The number of carbonyl (C=O) groups excluding carboxylic acids is 2. The van der Waals surface area contributed by atoms with Gasteiger partial charge >= 0.3 is 5.97 Å². The number of methoxy groups -OCH3 is 1. The Labute approximate surface area is 148 Å². The van der Waals surface area contributed by atoms with E-state index in [4.69, 9.17) is 9.15 Å². The lowest BCUT2D eigenvalue weighted by atomic mass is 9.82. The average Bonchev–Trinajstić information content (AvgIpc) is 3.34. The number of hydrogen-bond acceptors (Lipinski definition) is 5. The third-order valence-electron chi connectivity index (χ3n) is 6.01. The van der Waals surface area contributed by atoms with Crippen LogP contribution in [-0.2, 0) is 9.53 Å². The van der Waals surface area contributed by atoms with Gasteiger partial charge in [-0.3, -0.25) is 9.69 Å². The van der Waals surface area contributed by atoms with E-state index in [0.717, 1.165) is 31.7 Å². The summed E-state index contributed by atoms with van der Waals surface area (Å²) < 4.78 is 10.4. The predicted molar refractivity (Wildman–Crippen MR) is 91.0 cm³/mol. The molecule has 1 aliphatic carbocycles. The van der Waals surface area contributed by atoms with Crippen molar-refractivity contribution in [2.45, 2.75) is 57.2 Å². The van der Waals surface area contributed by atoms with E-state index in [0.29, 0.717) is 30.3 Å². The number of furan rings is 1. The number of likely N-dealkylation sites (tertiary alicyclic amines) is 2. The molecule has 4 rings (SSSR count). The first-order valence-corrected chi connectivity index (χ1v) is 9.31. The molecule has 3 heterocycles. The second-order valence-corrected chi connectivity index (χ2v) is 7.55. The minimum absolute atomic E-state index is 0.117. The summed E-state index contributed by atoms with van der Waals surface area (Å²) in [6, 6.07) is 4.59. The molecule has 3 aliphatic rings. The second kappa shape index (κ2) is 6.48. The summed E-state index contributed by atoms with van der Waals surface area (Å²) in [5.41, 5.74) is 0. The summed E-state index contributed by atoms with van der Waals surface area (Å²) >= 11 is 0. The van der Waals surface area contributed by atoms with Crippen LogP contribution < -0.4 is 0 Å². The van der Waals surface area contributed by atoms with Crippen molar-refractivity contribution in [1.82, 2.24) is 9.80 Å². The lowest BCUT2D eigenvalue weighted by Crippen LogP contribution is -2.56. The van der Waals surface area contributed by atoms with Gasteiger partial charge in [-0.1, -0.05) is 0 Å². The number of fused-ring (bicyclic) bond motifs is 1. The van der Waals surface area contributed by atoms with Gasteiger partial charge in [-0.2, -0.15) is 0 Å². The first-order chi connectivity index (χ1) is 12.1. The van der Waals surface area contributed by atoms with Gasteiger partial charge in [0.25, 0.3) is 0 Å². The molecule has 0 unspecified atom stereocenters. The monoisotopic (exact) mass is 346 g/mol. The number of piperidine rings is 2. The summed E-state index contributed by atoms with van der Waals surface area (Å²) in [5.74, 6) is 1.51. The summed E-state index contributed by atoms with van der Waals surface area (Å²) in [5, 5.41) is 0. The van der Waals surface area contributed by atoms with Crippen molar-refractivity contribution < 1.29 is 18.7 Å². The zero-order valence-corrected chi connectivity index (χ0v) is 14.9. The number of esters is 1. The molecule has 1 saturated carbocycles. The van der Waals surface area contributed by atoms with Crippen LogP contribution in [0.2, 0.25) is 0 Å².